The second kappa shape index (κ2) is 4.83. The van der Waals surface area contributed by atoms with Crippen LogP contribution in [-0.4, -0.2) is 24.0 Å². The molecule has 90 valence electrons. The van der Waals surface area contributed by atoms with Crippen LogP contribution >= 0.6 is 34.5 Å². The summed E-state index contributed by atoms with van der Waals surface area (Å²) < 4.78 is 1.55. The van der Waals surface area contributed by atoms with Crippen LogP contribution in [0, 0.1) is 5.92 Å². The Morgan fingerprint density at radius 2 is 2.19 bits per heavy atom. The van der Waals surface area contributed by atoms with Crippen molar-refractivity contribution >= 4 is 34.5 Å². The first-order valence-electron chi connectivity index (χ1n) is 5.43. The van der Waals surface area contributed by atoms with E-state index in [4.69, 9.17) is 28.9 Å². The summed E-state index contributed by atoms with van der Waals surface area (Å²) >= 11 is 13.6. The molecular formula is C11H16Cl2N2S. The number of hydrogen-bond donors (Lipinski definition) is 1. The minimum Gasteiger partial charge on any atom is -0.326 e. The van der Waals surface area contributed by atoms with Gasteiger partial charge in [-0.1, -0.05) is 30.1 Å². The van der Waals surface area contributed by atoms with Crippen molar-refractivity contribution in [3.63, 3.8) is 0 Å². The third kappa shape index (κ3) is 2.39. The second-order valence-electron chi connectivity index (χ2n) is 4.55. The molecule has 0 amide bonds. The lowest BCUT2D eigenvalue weighted by molar-refractivity contribution is 0.254. The molecule has 1 aliphatic rings. The molecule has 0 saturated carbocycles. The van der Waals surface area contributed by atoms with E-state index in [1.54, 1.807) is 0 Å². The van der Waals surface area contributed by atoms with Gasteiger partial charge >= 0.3 is 0 Å². The van der Waals surface area contributed by atoms with E-state index in [9.17, 15) is 0 Å². The number of nitrogens with zero attached hydrogens (tertiary/aromatic N) is 1. The fraction of sp³-hybridized carbons (Fsp3) is 0.636. The Bertz CT molecular complexity index is 370. The summed E-state index contributed by atoms with van der Waals surface area (Å²) in [6.45, 7) is 6.33. The third-order valence-corrected chi connectivity index (χ3v) is 4.90. The number of rotatable bonds is 2. The number of thiophene rings is 1. The highest BCUT2D eigenvalue weighted by Crippen LogP contribution is 2.38. The van der Waals surface area contributed by atoms with Gasteiger partial charge in [0.1, 0.15) is 0 Å². The number of likely N-dealkylation sites (tertiary alicyclic amines) is 1. The van der Waals surface area contributed by atoms with Gasteiger partial charge in [-0.2, -0.15) is 0 Å². The number of hydrogen-bond acceptors (Lipinski definition) is 3. The summed E-state index contributed by atoms with van der Waals surface area (Å²) in [6.07, 6.45) is 0. The monoisotopic (exact) mass is 278 g/mol. The zero-order chi connectivity index (χ0) is 11.9. The van der Waals surface area contributed by atoms with Gasteiger partial charge < -0.3 is 5.73 Å². The van der Waals surface area contributed by atoms with Crippen molar-refractivity contribution in [2.75, 3.05) is 13.1 Å². The maximum atomic E-state index is 6.17. The molecule has 2 N–H and O–H groups in total. The average molecular weight is 279 g/mol. The van der Waals surface area contributed by atoms with E-state index in [0.29, 0.717) is 12.0 Å². The smallest absolute Gasteiger partial charge is 0.0991 e. The SMILES string of the molecule is CC1CN(C(C)c2cc(Cl)sc2Cl)CC1N. The maximum absolute atomic E-state index is 6.17. The Labute approximate surface area is 110 Å². The molecule has 1 aromatic rings. The van der Waals surface area contributed by atoms with Crippen LogP contribution in [0.15, 0.2) is 6.07 Å². The van der Waals surface area contributed by atoms with Crippen LogP contribution in [0.1, 0.15) is 25.5 Å². The van der Waals surface area contributed by atoms with Crippen LogP contribution in [0.25, 0.3) is 0 Å². The van der Waals surface area contributed by atoms with Crippen LogP contribution in [0.5, 0.6) is 0 Å². The molecule has 16 heavy (non-hydrogen) atoms. The summed E-state index contributed by atoms with van der Waals surface area (Å²) in [4.78, 5) is 2.37. The molecule has 1 aromatic heterocycles. The normalized spacial score (nSPS) is 28.6. The Kier molecular flexibility index (Phi) is 3.82. The number of halogens is 2. The molecular weight excluding hydrogens is 263 g/mol. The molecule has 5 heteroatoms. The van der Waals surface area contributed by atoms with Crippen molar-refractivity contribution in [1.82, 2.24) is 4.90 Å². The van der Waals surface area contributed by atoms with Gasteiger partial charge in [0.2, 0.25) is 0 Å². The van der Waals surface area contributed by atoms with Gasteiger partial charge in [-0.05, 0) is 18.9 Å². The van der Waals surface area contributed by atoms with E-state index >= 15 is 0 Å². The van der Waals surface area contributed by atoms with Crippen LogP contribution in [0.2, 0.25) is 8.67 Å². The molecule has 2 rings (SSSR count). The van der Waals surface area contributed by atoms with Gasteiger partial charge in [0, 0.05) is 30.7 Å². The second-order valence-corrected chi connectivity index (χ2v) is 6.84. The highest BCUT2D eigenvalue weighted by Gasteiger charge is 2.31. The van der Waals surface area contributed by atoms with Crippen LogP contribution < -0.4 is 5.73 Å². The predicted molar refractivity (Wildman–Crippen MR) is 71.5 cm³/mol. The van der Waals surface area contributed by atoms with E-state index in [2.05, 4.69) is 18.7 Å². The van der Waals surface area contributed by atoms with Crippen molar-refractivity contribution in [3.8, 4) is 0 Å². The molecule has 2 nitrogen and oxygen atoms in total. The summed E-state index contributed by atoms with van der Waals surface area (Å²) in [7, 11) is 0. The Morgan fingerprint density at radius 3 is 2.62 bits per heavy atom. The quantitative estimate of drug-likeness (QED) is 0.899. The van der Waals surface area contributed by atoms with Gasteiger partial charge in [-0.15, -0.1) is 11.3 Å². The highest BCUT2D eigenvalue weighted by atomic mass is 35.5. The molecule has 3 unspecified atom stereocenters. The standard InChI is InChI=1S/C11H16Cl2N2S/c1-6-4-15(5-9(6)14)7(2)8-3-10(12)16-11(8)13/h3,6-7,9H,4-5,14H2,1-2H3. The molecule has 2 heterocycles. The van der Waals surface area contributed by atoms with Gasteiger partial charge in [0.05, 0.1) is 8.67 Å². The fourth-order valence-corrected chi connectivity index (χ4v) is 3.82. The minimum atomic E-state index is 0.273. The minimum absolute atomic E-state index is 0.273. The molecule has 1 aliphatic heterocycles. The molecule has 3 atom stereocenters. The first-order valence-corrected chi connectivity index (χ1v) is 7.00. The Morgan fingerprint density at radius 1 is 1.50 bits per heavy atom. The number of nitrogens with two attached hydrogens (primary N) is 1. The molecule has 0 spiro atoms. The van der Waals surface area contributed by atoms with Crippen LogP contribution in [0.3, 0.4) is 0 Å². The van der Waals surface area contributed by atoms with Crippen LogP contribution in [0.4, 0.5) is 0 Å². The summed E-state index contributed by atoms with van der Waals surface area (Å²) in [5, 5.41) is 0. The molecule has 0 aromatic carbocycles. The Balaban J connectivity index is 2.14. The van der Waals surface area contributed by atoms with E-state index < -0.39 is 0 Å². The van der Waals surface area contributed by atoms with Gasteiger partial charge in [-0.3, -0.25) is 4.90 Å². The highest BCUT2D eigenvalue weighted by molar-refractivity contribution is 7.20. The first-order chi connectivity index (χ1) is 7.49. The van der Waals surface area contributed by atoms with Gasteiger partial charge in [0.15, 0.2) is 0 Å². The van der Waals surface area contributed by atoms with Crippen LogP contribution in [-0.2, 0) is 0 Å². The topological polar surface area (TPSA) is 29.3 Å². The largest absolute Gasteiger partial charge is 0.326 e. The Hall–Kier alpha value is 0.200. The van der Waals surface area contributed by atoms with Crippen molar-refractivity contribution in [2.45, 2.75) is 25.9 Å². The lowest BCUT2D eigenvalue weighted by Crippen LogP contribution is -2.29. The van der Waals surface area contributed by atoms with E-state index in [1.807, 2.05) is 6.07 Å². The molecule has 1 fully saturated rings. The third-order valence-electron chi connectivity index (χ3n) is 3.38. The van der Waals surface area contributed by atoms with E-state index in [1.165, 1.54) is 11.3 Å². The summed E-state index contributed by atoms with van der Waals surface area (Å²) in [6, 6.07) is 2.54. The van der Waals surface area contributed by atoms with Gasteiger partial charge in [0.25, 0.3) is 0 Å². The van der Waals surface area contributed by atoms with E-state index in [0.717, 1.165) is 27.3 Å². The van der Waals surface area contributed by atoms with Crippen molar-refractivity contribution in [3.05, 3.63) is 20.3 Å². The van der Waals surface area contributed by atoms with Gasteiger partial charge in [-0.25, -0.2) is 0 Å². The first kappa shape index (κ1) is 12.7. The van der Waals surface area contributed by atoms with Crippen molar-refractivity contribution in [2.24, 2.45) is 11.7 Å². The average Bonchev–Trinajstić information content (AvgIpc) is 2.70. The lowest BCUT2D eigenvalue weighted by Gasteiger charge is -2.23. The summed E-state index contributed by atoms with van der Waals surface area (Å²) in [5.41, 5.74) is 7.15. The molecule has 1 saturated heterocycles. The lowest BCUT2D eigenvalue weighted by atomic mass is 10.1. The van der Waals surface area contributed by atoms with Crippen molar-refractivity contribution < 1.29 is 0 Å². The van der Waals surface area contributed by atoms with E-state index in [-0.39, 0.29) is 6.04 Å². The molecule has 0 aliphatic carbocycles. The van der Waals surface area contributed by atoms with Crippen molar-refractivity contribution in [1.29, 1.82) is 0 Å². The molecule has 0 radical (unpaired) electrons. The predicted octanol–water partition coefficient (Wildman–Crippen LogP) is 3.39. The maximum Gasteiger partial charge on any atom is 0.0991 e. The summed E-state index contributed by atoms with van der Waals surface area (Å²) in [5.74, 6) is 0.551. The molecule has 0 bridgehead atoms. The zero-order valence-electron chi connectivity index (χ0n) is 9.41. The fourth-order valence-electron chi connectivity index (χ4n) is 2.18. The zero-order valence-corrected chi connectivity index (χ0v) is 11.7.